The van der Waals surface area contributed by atoms with Crippen LogP contribution >= 0.6 is 11.3 Å². The number of hydrogen-bond acceptors (Lipinski definition) is 4. The van der Waals surface area contributed by atoms with Crippen LogP contribution in [0.3, 0.4) is 0 Å². The van der Waals surface area contributed by atoms with Crippen LogP contribution in [0, 0.1) is 11.8 Å². The van der Waals surface area contributed by atoms with Crippen molar-refractivity contribution in [2.75, 3.05) is 33.3 Å². The summed E-state index contributed by atoms with van der Waals surface area (Å²) in [6, 6.07) is 4.44. The Balaban J connectivity index is 1.45. The third-order valence-corrected chi connectivity index (χ3v) is 6.56. The van der Waals surface area contributed by atoms with E-state index in [1.165, 1.54) is 24.3 Å². The maximum atomic E-state index is 12.8. The number of likely N-dealkylation sites (tertiary alicyclic amines) is 2. The van der Waals surface area contributed by atoms with Gasteiger partial charge in [-0.15, -0.1) is 11.3 Å². The van der Waals surface area contributed by atoms with Crippen molar-refractivity contribution in [1.82, 2.24) is 9.80 Å². The monoisotopic (exact) mass is 334 g/mol. The first-order chi connectivity index (χ1) is 11.2. The van der Waals surface area contributed by atoms with Crippen LogP contribution in [0.2, 0.25) is 0 Å². The Labute approximate surface area is 142 Å². The molecule has 3 fully saturated rings. The molecule has 0 radical (unpaired) electrons. The Morgan fingerprint density at radius 2 is 2.22 bits per heavy atom. The van der Waals surface area contributed by atoms with Gasteiger partial charge in [-0.2, -0.15) is 0 Å². The average Bonchev–Trinajstić information content (AvgIpc) is 3.04. The van der Waals surface area contributed by atoms with E-state index in [4.69, 9.17) is 4.74 Å². The minimum absolute atomic E-state index is 0.297. The SMILES string of the molecule is CO[C@@H]1CCN(C(=O)Cc2cccs2)[C@@H]2CN(CC3CC3)C[C@@H]21. The van der Waals surface area contributed by atoms with Gasteiger partial charge in [0.05, 0.1) is 18.6 Å². The van der Waals surface area contributed by atoms with Gasteiger partial charge in [-0.25, -0.2) is 0 Å². The quantitative estimate of drug-likeness (QED) is 0.828. The summed E-state index contributed by atoms with van der Waals surface area (Å²) in [4.78, 5) is 18.7. The highest BCUT2D eigenvalue weighted by atomic mass is 32.1. The van der Waals surface area contributed by atoms with Crippen molar-refractivity contribution in [2.45, 2.75) is 37.8 Å². The summed E-state index contributed by atoms with van der Waals surface area (Å²) in [5, 5.41) is 2.05. The molecule has 5 heteroatoms. The summed E-state index contributed by atoms with van der Waals surface area (Å²) in [7, 11) is 1.83. The molecule has 3 heterocycles. The largest absolute Gasteiger partial charge is 0.381 e. The Bertz CT molecular complexity index is 543. The van der Waals surface area contributed by atoms with E-state index in [-0.39, 0.29) is 0 Å². The first-order valence-corrected chi connectivity index (χ1v) is 9.69. The van der Waals surface area contributed by atoms with E-state index in [0.29, 0.717) is 30.4 Å². The van der Waals surface area contributed by atoms with Gasteiger partial charge in [0.15, 0.2) is 0 Å². The lowest BCUT2D eigenvalue weighted by Gasteiger charge is -2.41. The molecule has 1 aromatic rings. The fraction of sp³-hybridized carbons (Fsp3) is 0.722. The lowest BCUT2D eigenvalue weighted by atomic mass is 9.88. The molecule has 4 rings (SSSR count). The number of carbonyl (C=O) groups excluding carboxylic acids is 1. The van der Waals surface area contributed by atoms with E-state index in [1.807, 2.05) is 13.2 Å². The number of thiophene rings is 1. The molecular formula is C18H26N2O2S. The highest BCUT2D eigenvalue weighted by molar-refractivity contribution is 7.10. The van der Waals surface area contributed by atoms with Crippen molar-refractivity contribution in [3.8, 4) is 0 Å². The fourth-order valence-corrected chi connectivity index (χ4v) is 5.01. The molecule has 2 saturated heterocycles. The van der Waals surface area contributed by atoms with E-state index >= 15 is 0 Å². The Morgan fingerprint density at radius 1 is 1.35 bits per heavy atom. The number of carbonyl (C=O) groups is 1. The Hall–Kier alpha value is -0.910. The minimum atomic E-state index is 0.297. The number of methoxy groups -OCH3 is 1. The van der Waals surface area contributed by atoms with Crippen molar-refractivity contribution < 1.29 is 9.53 Å². The molecule has 3 aliphatic rings. The first kappa shape index (κ1) is 15.6. The number of piperidine rings is 1. The summed E-state index contributed by atoms with van der Waals surface area (Å²) in [5.41, 5.74) is 0. The van der Waals surface area contributed by atoms with Crippen LogP contribution in [-0.2, 0) is 16.0 Å². The van der Waals surface area contributed by atoms with Gasteiger partial charge in [0, 0.05) is 44.1 Å². The lowest BCUT2D eigenvalue weighted by Crippen LogP contribution is -2.54. The highest BCUT2D eigenvalue weighted by Gasteiger charge is 2.46. The molecule has 1 amide bonds. The Kier molecular flexibility index (Phi) is 4.43. The maximum absolute atomic E-state index is 12.8. The van der Waals surface area contributed by atoms with Crippen molar-refractivity contribution in [1.29, 1.82) is 0 Å². The van der Waals surface area contributed by atoms with Crippen molar-refractivity contribution in [3.05, 3.63) is 22.4 Å². The second kappa shape index (κ2) is 6.54. The normalized spacial score (nSPS) is 31.3. The van der Waals surface area contributed by atoms with Crippen LogP contribution < -0.4 is 0 Å². The number of ether oxygens (including phenoxy) is 1. The molecule has 0 aromatic carbocycles. The van der Waals surface area contributed by atoms with Gasteiger partial charge in [0.2, 0.25) is 5.91 Å². The minimum Gasteiger partial charge on any atom is -0.381 e. The van der Waals surface area contributed by atoms with Crippen molar-refractivity contribution in [2.24, 2.45) is 11.8 Å². The lowest BCUT2D eigenvalue weighted by molar-refractivity contribution is -0.138. The van der Waals surface area contributed by atoms with E-state index in [0.717, 1.165) is 32.0 Å². The maximum Gasteiger partial charge on any atom is 0.228 e. The molecular weight excluding hydrogens is 308 g/mol. The van der Waals surface area contributed by atoms with Crippen LogP contribution in [0.25, 0.3) is 0 Å². The van der Waals surface area contributed by atoms with Gasteiger partial charge >= 0.3 is 0 Å². The topological polar surface area (TPSA) is 32.8 Å². The van der Waals surface area contributed by atoms with E-state index in [2.05, 4.69) is 21.2 Å². The second-order valence-corrected chi connectivity index (χ2v) is 8.33. The number of fused-ring (bicyclic) bond motifs is 1. The smallest absolute Gasteiger partial charge is 0.228 e. The van der Waals surface area contributed by atoms with Crippen molar-refractivity contribution >= 4 is 17.2 Å². The molecule has 4 nitrogen and oxygen atoms in total. The zero-order valence-electron chi connectivity index (χ0n) is 13.8. The molecule has 0 unspecified atom stereocenters. The summed E-state index contributed by atoms with van der Waals surface area (Å²) in [5.74, 6) is 1.69. The van der Waals surface area contributed by atoms with E-state index in [9.17, 15) is 4.79 Å². The fourth-order valence-electron chi connectivity index (χ4n) is 4.32. The summed E-state index contributed by atoms with van der Waals surface area (Å²) in [6.45, 7) is 4.21. The molecule has 3 atom stereocenters. The predicted octanol–water partition coefficient (Wildman–Crippen LogP) is 2.25. The number of amides is 1. The average molecular weight is 334 g/mol. The first-order valence-electron chi connectivity index (χ1n) is 8.81. The second-order valence-electron chi connectivity index (χ2n) is 7.30. The molecule has 126 valence electrons. The zero-order chi connectivity index (χ0) is 15.8. The molecule has 2 aliphatic heterocycles. The molecule has 0 bridgehead atoms. The summed E-state index contributed by atoms with van der Waals surface area (Å²) >= 11 is 1.68. The molecule has 0 spiro atoms. The van der Waals surface area contributed by atoms with E-state index in [1.54, 1.807) is 11.3 Å². The van der Waals surface area contributed by atoms with Crippen LogP contribution in [0.4, 0.5) is 0 Å². The van der Waals surface area contributed by atoms with E-state index < -0.39 is 0 Å². The van der Waals surface area contributed by atoms with Crippen molar-refractivity contribution in [3.63, 3.8) is 0 Å². The van der Waals surface area contributed by atoms with Gasteiger partial charge in [0.25, 0.3) is 0 Å². The molecule has 1 aliphatic carbocycles. The van der Waals surface area contributed by atoms with Gasteiger partial charge in [-0.05, 0) is 36.6 Å². The van der Waals surface area contributed by atoms with Crippen LogP contribution in [0.15, 0.2) is 17.5 Å². The standard InChI is InChI=1S/C18H26N2O2S/c1-22-17-6-7-20(18(21)9-14-3-2-8-23-14)16-12-19(11-15(16)17)10-13-4-5-13/h2-3,8,13,15-17H,4-7,9-12H2,1H3/t15-,16+,17+/m0/s1. The third kappa shape index (κ3) is 3.32. The number of nitrogens with zero attached hydrogens (tertiary/aromatic N) is 2. The van der Waals surface area contributed by atoms with Crippen LogP contribution in [-0.4, -0.2) is 61.1 Å². The predicted molar refractivity (Wildman–Crippen MR) is 91.6 cm³/mol. The molecule has 23 heavy (non-hydrogen) atoms. The van der Waals surface area contributed by atoms with Crippen LogP contribution in [0.5, 0.6) is 0 Å². The van der Waals surface area contributed by atoms with Gasteiger partial charge in [-0.1, -0.05) is 6.07 Å². The molecule has 1 aromatic heterocycles. The molecule has 0 N–H and O–H groups in total. The van der Waals surface area contributed by atoms with Gasteiger partial charge in [0.1, 0.15) is 0 Å². The Morgan fingerprint density at radius 3 is 2.91 bits per heavy atom. The summed E-state index contributed by atoms with van der Waals surface area (Å²) in [6.07, 6.45) is 4.63. The van der Waals surface area contributed by atoms with Gasteiger partial charge < -0.3 is 14.5 Å². The third-order valence-electron chi connectivity index (χ3n) is 5.68. The van der Waals surface area contributed by atoms with Crippen LogP contribution in [0.1, 0.15) is 24.1 Å². The van der Waals surface area contributed by atoms with Gasteiger partial charge in [-0.3, -0.25) is 4.79 Å². The molecule has 1 saturated carbocycles. The number of hydrogen-bond donors (Lipinski definition) is 0. The highest BCUT2D eigenvalue weighted by Crippen LogP contribution is 2.36. The zero-order valence-corrected chi connectivity index (χ0v) is 14.6. The number of rotatable bonds is 5. The summed E-state index contributed by atoms with van der Waals surface area (Å²) < 4.78 is 5.75.